The van der Waals surface area contributed by atoms with Gasteiger partial charge in [-0.25, -0.2) is 0 Å². The van der Waals surface area contributed by atoms with Crippen LogP contribution in [0.5, 0.6) is 0 Å². The van der Waals surface area contributed by atoms with Crippen LogP contribution in [0.15, 0.2) is 12.2 Å². The molecule has 0 aliphatic carbocycles. The van der Waals surface area contributed by atoms with Gasteiger partial charge in [0.05, 0.1) is 0 Å². The number of rotatable bonds is 6. The lowest BCUT2D eigenvalue weighted by atomic mass is 10.2. The molecular formula is C9H20N2. The Kier molecular flexibility index (Phi) is 6.18. The number of hydrogen-bond donors (Lipinski definition) is 1. The van der Waals surface area contributed by atoms with E-state index < -0.39 is 0 Å². The van der Waals surface area contributed by atoms with Gasteiger partial charge in [0.1, 0.15) is 0 Å². The third-order valence-electron chi connectivity index (χ3n) is 1.53. The van der Waals surface area contributed by atoms with Gasteiger partial charge in [0.25, 0.3) is 0 Å². The van der Waals surface area contributed by atoms with Crippen LogP contribution in [-0.2, 0) is 0 Å². The first kappa shape index (κ1) is 10.7. The number of nitrogens with two attached hydrogens (primary N) is 1. The quantitative estimate of drug-likeness (QED) is 0.463. The van der Waals surface area contributed by atoms with Crippen molar-refractivity contribution in [3.8, 4) is 0 Å². The molecule has 0 spiro atoms. The lowest BCUT2D eigenvalue weighted by Gasteiger charge is -2.15. The highest BCUT2D eigenvalue weighted by molar-refractivity contribution is 4.90. The fourth-order valence-corrected chi connectivity index (χ4v) is 1.07. The first-order valence-electron chi connectivity index (χ1n) is 4.20. The predicted molar refractivity (Wildman–Crippen MR) is 50.6 cm³/mol. The van der Waals surface area contributed by atoms with Gasteiger partial charge < -0.3 is 10.6 Å². The molecule has 2 N–H and O–H groups in total. The smallest absolute Gasteiger partial charge is 0.0184 e. The van der Waals surface area contributed by atoms with Gasteiger partial charge >= 0.3 is 0 Å². The zero-order valence-electron chi connectivity index (χ0n) is 7.77. The summed E-state index contributed by atoms with van der Waals surface area (Å²) in [6, 6.07) is 0. The highest BCUT2D eigenvalue weighted by Crippen LogP contribution is 1.95. The summed E-state index contributed by atoms with van der Waals surface area (Å²) in [5, 5.41) is 0. The first-order chi connectivity index (χ1) is 5.16. The molecule has 0 fully saturated rings. The highest BCUT2D eigenvalue weighted by atomic mass is 15.1. The summed E-state index contributed by atoms with van der Waals surface area (Å²) < 4.78 is 0. The van der Waals surface area contributed by atoms with Crippen molar-refractivity contribution in [2.24, 2.45) is 5.73 Å². The molecule has 0 amide bonds. The summed E-state index contributed by atoms with van der Waals surface area (Å²) in [5.74, 6) is 0. The SMILES string of the molecule is C=C(C)CN(C)CCCCN. The van der Waals surface area contributed by atoms with Crippen molar-refractivity contribution in [1.29, 1.82) is 0 Å². The molecular weight excluding hydrogens is 136 g/mol. The molecule has 0 bridgehead atoms. The Labute approximate surface area is 70.1 Å². The van der Waals surface area contributed by atoms with E-state index in [2.05, 4.69) is 25.5 Å². The number of likely N-dealkylation sites (N-methyl/N-ethyl adjacent to an activating group) is 1. The van der Waals surface area contributed by atoms with E-state index >= 15 is 0 Å². The maximum absolute atomic E-state index is 5.38. The number of unbranched alkanes of at least 4 members (excludes halogenated alkanes) is 1. The van der Waals surface area contributed by atoms with Gasteiger partial charge in [0.2, 0.25) is 0 Å². The molecule has 0 rings (SSSR count). The maximum Gasteiger partial charge on any atom is 0.0184 e. The molecule has 0 unspecified atom stereocenters. The molecule has 0 aliphatic rings. The Hall–Kier alpha value is -0.340. The molecule has 66 valence electrons. The van der Waals surface area contributed by atoms with Crippen molar-refractivity contribution < 1.29 is 0 Å². The van der Waals surface area contributed by atoms with Crippen molar-refractivity contribution >= 4 is 0 Å². The third kappa shape index (κ3) is 7.56. The Balaban J connectivity index is 3.22. The third-order valence-corrected chi connectivity index (χ3v) is 1.53. The second-order valence-corrected chi connectivity index (χ2v) is 3.19. The van der Waals surface area contributed by atoms with E-state index in [1.54, 1.807) is 0 Å². The molecule has 2 heteroatoms. The fourth-order valence-electron chi connectivity index (χ4n) is 1.07. The van der Waals surface area contributed by atoms with E-state index in [4.69, 9.17) is 5.73 Å². The molecule has 0 saturated carbocycles. The lowest BCUT2D eigenvalue weighted by Crippen LogP contribution is -2.21. The van der Waals surface area contributed by atoms with Crippen LogP contribution in [0.1, 0.15) is 19.8 Å². The summed E-state index contributed by atoms with van der Waals surface area (Å²) in [7, 11) is 2.12. The minimum absolute atomic E-state index is 0.806. The van der Waals surface area contributed by atoms with Crippen LogP contribution in [0.4, 0.5) is 0 Å². The predicted octanol–water partition coefficient (Wildman–Crippen LogP) is 1.23. The number of nitrogens with zero attached hydrogens (tertiary/aromatic N) is 1. The Morgan fingerprint density at radius 3 is 2.55 bits per heavy atom. The summed E-state index contributed by atoms with van der Waals surface area (Å²) in [6.45, 7) is 8.85. The zero-order chi connectivity index (χ0) is 8.69. The molecule has 2 nitrogen and oxygen atoms in total. The molecule has 0 aliphatic heterocycles. The molecule has 0 atom stereocenters. The van der Waals surface area contributed by atoms with E-state index in [0.29, 0.717) is 0 Å². The second-order valence-electron chi connectivity index (χ2n) is 3.19. The summed E-state index contributed by atoms with van der Waals surface area (Å²) >= 11 is 0. The molecule has 0 heterocycles. The standard InChI is InChI=1S/C9H20N2/c1-9(2)8-11(3)7-5-4-6-10/h1,4-8,10H2,2-3H3. The van der Waals surface area contributed by atoms with Crippen molar-refractivity contribution in [1.82, 2.24) is 4.90 Å². The average molecular weight is 156 g/mol. The average Bonchev–Trinajstić information content (AvgIpc) is 1.86. The van der Waals surface area contributed by atoms with Gasteiger partial charge in [-0.15, -0.1) is 0 Å². The Morgan fingerprint density at radius 1 is 1.45 bits per heavy atom. The number of hydrogen-bond acceptors (Lipinski definition) is 2. The van der Waals surface area contributed by atoms with Gasteiger partial charge in [0.15, 0.2) is 0 Å². The summed E-state index contributed by atoms with van der Waals surface area (Å²) in [4.78, 5) is 2.28. The van der Waals surface area contributed by atoms with E-state index in [9.17, 15) is 0 Å². The minimum atomic E-state index is 0.806. The van der Waals surface area contributed by atoms with Crippen LogP contribution in [-0.4, -0.2) is 31.6 Å². The van der Waals surface area contributed by atoms with Crippen molar-refractivity contribution in [3.63, 3.8) is 0 Å². The van der Waals surface area contributed by atoms with Gasteiger partial charge in [0, 0.05) is 6.54 Å². The van der Waals surface area contributed by atoms with E-state index in [1.807, 2.05) is 0 Å². The monoisotopic (exact) mass is 156 g/mol. The molecule has 11 heavy (non-hydrogen) atoms. The van der Waals surface area contributed by atoms with Gasteiger partial charge in [-0.05, 0) is 39.9 Å². The van der Waals surface area contributed by atoms with Gasteiger partial charge in [-0.3, -0.25) is 0 Å². The van der Waals surface area contributed by atoms with Crippen LogP contribution in [0.3, 0.4) is 0 Å². The van der Waals surface area contributed by atoms with Crippen LogP contribution >= 0.6 is 0 Å². The largest absolute Gasteiger partial charge is 0.330 e. The van der Waals surface area contributed by atoms with Crippen molar-refractivity contribution in [2.45, 2.75) is 19.8 Å². The van der Waals surface area contributed by atoms with Gasteiger partial charge in [-0.1, -0.05) is 12.2 Å². The maximum atomic E-state index is 5.38. The molecule has 0 aromatic heterocycles. The molecule has 0 aromatic carbocycles. The fraction of sp³-hybridized carbons (Fsp3) is 0.778. The topological polar surface area (TPSA) is 29.3 Å². The van der Waals surface area contributed by atoms with Crippen LogP contribution in [0.2, 0.25) is 0 Å². The van der Waals surface area contributed by atoms with E-state index in [-0.39, 0.29) is 0 Å². The van der Waals surface area contributed by atoms with Gasteiger partial charge in [-0.2, -0.15) is 0 Å². The Morgan fingerprint density at radius 2 is 2.09 bits per heavy atom. The Bertz CT molecular complexity index is 110. The van der Waals surface area contributed by atoms with Crippen molar-refractivity contribution in [2.75, 3.05) is 26.7 Å². The van der Waals surface area contributed by atoms with Crippen LogP contribution in [0, 0.1) is 0 Å². The van der Waals surface area contributed by atoms with E-state index in [1.165, 1.54) is 12.0 Å². The first-order valence-corrected chi connectivity index (χ1v) is 4.20. The van der Waals surface area contributed by atoms with Crippen LogP contribution in [0.25, 0.3) is 0 Å². The lowest BCUT2D eigenvalue weighted by molar-refractivity contribution is 0.353. The van der Waals surface area contributed by atoms with Crippen molar-refractivity contribution in [3.05, 3.63) is 12.2 Å². The second kappa shape index (κ2) is 6.38. The molecule has 0 aromatic rings. The zero-order valence-corrected chi connectivity index (χ0v) is 7.77. The summed E-state index contributed by atoms with van der Waals surface area (Å²) in [6.07, 6.45) is 2.32. The highest BCUT2D eigenvalue weighted by Gasteiger charge is 1.96. The summed E-state index contributed by atoms with van der Waals surface area (Å²) in [5.41, 5.74) is 6.60. The van der Waals surface area contributed by atoms with Crippen LogP contribution < -0.4 is 5.73 Å². The minimum Gasteiger partial charge on any atom is -0.330 e. The van der Waals surface area contributed by atoms with E-state index in [0.717, 1.165) is 26.1 Å². The molecule has 0 radical (unpaired) electrons. The molecule has 0 saturated heterocycles. The normalized spacial score (nSPS) is 10.5.